The monoisotopic (exact) mass is 299 g/mol. The molecule has 0 amide bonds. The Labute approximate surface area is 110 Å². The summed E-state index contributed by atoms with van der Waals surface area (Å²) in [5.41, 5.74) is -0.795. The topological polar surface area (TPSA) is 23.8 Å². The van der Waals surface area contributed by atoms with Crippen LogP contribution < -0.4 is 0 Å². The van der Waals surface area contributed by atoms with Crippen molar-refractivity contribution >= 4 is 40.4 Å². The van der Waals surface area contributed by atoms with Crippen LogP contribution >= 0.6 is 34.8 Å². The van der Waals surface area contributed by atoms with Gasteiger partial charge in [0.05, 0.1) is 5.57 Å². The maximum atomic E-state index is 12.4. The van der Waals surface area contributed by atoms with Gasteiger partial charge < -0.3 is 0 Å². The number of hydrogen-bond acceptors (Lipinski definition) is 1. The Balaban J connectivity index is 3.44. The third kappa shape index (κ3) is 3.53. The van der Waals surface area contributed by atoms with Crippen LogP contribution in [-0.2, 0) is 0 Å². The molecule has 0 N–H and O–H groups in total. The van der Waals surface area contributed by atoms with Gasteiger partial charge in [-0.15, -0.1) is 0 Å². The molecule has 17 heavy (non-hydrogen) atoms. The van der Waals surface area contributed by atoms with Gasteiger partial charge in [-0.3, -0.25) is 0 Å². The lowest BCUT2D eigenvalue weighted by Crippen LogP contribution is -2.09. The van der Waals surface area contributed by atoms with Crippen LogP contribution in [-0.4, -0.2) is 6.18 Å². The van der Waals surface area contributed by atoms with Crippen molar-refractivity contribution < 1.29 is 13.2 Å². The average molecular weight is 300 g/mol. The van der Waals surface area contributed by atoms with Gasteiger partial charge in [0.25, 0.3) is 0 Å². The standard InChI is InChI=1S/C10H3Cl3F3N/c11-6-1-5(2-7(12)3-6)8(4-17)9(13)10(14,15)16/h1-3H. The molecule has 0 aliphatic carbocycles. The summed E-state index contributed by atoms with van der Waals surface area (Å²) in [6, 6.07) is 5.09. The van der Waals surface area contributed by atoms with Crippen LogP contribution in [0.3, 0.4) is 0 Å². The second kappa shape index (κ2) is 5.18. The summed E-state index contributed by atoms with van der Waals surface area (Å²) >= 11 is 16.4. The van der Waals surface area contributed by atoms with Gasteiger partial charge >= 0.3 is 6.18 Å². The maximum Gasteiger partial charge on any atom is 0.428 e. The highest BCUT2D eigenvalue weighted by Crippen LogP contribution is 2.36. The molecule has 90 valence electrons. The first-order chi connectivity index (χ1) is 7.75. The number of hydrogen-bond donors (Lipinski definition) is 0. The van der Waals surface area contributed by atoms with Crippen LogP contribution in [0.25, 0.3) is 5.57 Å². The van der Waals surface area contributed by atoms with Gasteiger partial charge in [-0.05, 0) is 23.8 Å². The minimum absolute atomic E-state index is 0.0766. The zero-order valence-corrected chi connectivity index (χ0v) is 10.2. The van der Waals surface area contributed by atoms with Gasteiger partial charge in [-0.25, -0.2) is 0 Å². The average Bonchev–Trinajstić information content (AvgIpc) is 2.15. The van der Waals surface area contributed by atoms with Crippen LogP contribution in [0, 0.1) is 11.3 Å². The largest absolute Gasteiger partial charge is 0.428 e. The van der Waals surface area contributed by atoms with E-state index in [-0.39, 0.29) is 15.6 Å². The lowest BCUT2D eigenvalue weighted by Gasteiger charge is -2.08. The van der Waals surface area contributed by atoms with Crippen LogP contribution in [0.15, 0.2) is 23.2 Å². The number of halogens is 6. The third-order valence-corrected chi connectivity index (χ3v) is 2.57. The molecule has 0 bridgehead atoms. The van der Waals surface area contributed by atoms with E-state index in [1.807, 2.05) is 0 Å². The molecule has 1 rings (SSSR count). The SMILES string of the molecule is N#CC(=C(Cl)C(F)(F)F)c1cc(Cl)cc(Cl)c1. The molecule has 0 fully saturated rings. The van der Waals surface area contributed by atoms with E-state index in [1.54, 1.807) is 0 Å². The summed E-state index contributed by atoms with van der Waals surface area (Å²) in [5, 5.41) is 7.45. The molecule has 0 saturated heterocycles. The molecule has 0 saturated carbocycles. The molecular formula is C10H3Cl3F3N. The van der Waals surface area contributed by atoms with Gasteiger partial charge in [0.15, 0.2) is 0 Å². The molecule has 7 heteroatoms. The first kappa shape index (κ1) is 14.2. The van der Waals surface area contributed by atoms with Crippen LogP contribution in [0.5, 0.6) is 0 Å². The minimum Gasteiger partial charge on any atom is -0.192 e. The van der Waals surface area contributed by atoms with Gasteiger partial charge in [0.1, 0.15) is 11.1 Å². The van der Waals surface area contributed by atoms with Crippen LogP contribution in [0.1, 0.15) is 5.56 Å². The van der Waals surface area contributed by atoms with Crippen molar-refractivity contribution in [3.05, 3.63) is 38.8 Å². The molecule has 0 unspecified atom stereocenters. The number of nitriles is 1. The van der Waals surface area contributed by atoms with Crippen molar-refractivity contribution in [2.45, 2.75) is 6.18 Å². The van der Waals surface area contributed by atoms with E-state index >= 15 is 0 Å². The summed E-state index contributed by atoms with van der Waals surface area (Å²) in [4.78, 5) is 0. The van der Waals surface area contributed by atoms with E-state index in [1.165, 1.54) is 24.3 Å². The highest BCUT2D eigenvalue weighted by molar-refractivity contribution is 6.36. The van der Waals surface area contributed by atoms with Crippen molar-refractivity contribution in [3.8, 4) is 6.07 Å². The third-order valence-electron chi connectivity index (χ3n) is 1.73. The number of alkyl halides is 3. The van der Waals surface area contributed by atoms with Crippen molar-refractivity contribution in [3.63, 3.8) is 0 Å². The fourth-order valence-corrected chi connectivity index (χ4v) is 1.76. The summed E-state index contributed by atoms with van der Waals surface area (Å²) in [5.74, 6) is 0. The number of rotatable bonds is 1. The Kier molecular flexibility index (Phi) is 4.31. The fraction of sp³-hybridized carbons (Fsp3) is 0.100. The summed E-state index contributed by atoms with van der Waals surface area (Å²) in [6.45, 7) is 0. The van der Waals surface area contributed by atoms with Crippen molar-refractivity contribution in [2.75, 3.05) is 0 Å². The molecule has 0 aromatic heterocycles. The number of nitrogens with zero attached hydrogens (tertiary/aromatic N) is 1. The van der Waals surface area contributed by atoms with E-state index in [9.17, 15) is 13.2 Å². The van der Waals surface area contributed by atoms with Crippen LogP contribution in [0.2, 0.25) is 10.0 Å². The van der Waals surface area contributed by atoms with E-state index in [4.69, 9.17) is 40.1 Å². The fourth-order valence-electron chi connectivity index (χ4n) is 1.08. The zero-order chi connectivity index (χ0) is 13.2. The molecule has 0 atom stereocenters. The van der Waals surface area contributed by atoms with Gasteiger partial charge in [0, 0.05) is 10.0 Å². The molecule has 0 aliphatic heterocycles. The molecule has 0 radical (unpaired) electrons. The Hall–Kier alpha value is -0.890. The first-order valence-electron chi connectivity index (χ1n) is 4.09. The summed E-state index contributed by atoms with van der Waals surface area (Å²) in [7, 11) is 0. The Bertz CT molecular complexity index is 494. The second-order valence-corrected chi connectivity index (χ2v) is 4.21. The van der Waals surface area contributed by atoms with E-state index in [2.05, 4.69) is 0 Å². The molecular weight excluding hydrogens is 297 g/mol. The molecule has 1 nitrogen and oxygen atoms in total. The van der Waals surface area contributed by atoms with E-state index < -0.39 is 16.8 Å². The second-order valence-electron chi connectivity index (χ2n) is 2.96. The van der Waals surface area contributed by atoms with Gasteiger partial charge in [-0.1, -0.05) is 34.8 Å². The highest BCUT2D eigenvalue weighted by Gasteiger charge is 2.35. The minimum atomic E-state index is -4.79. The highest BCUT2D eigenvalue weighted by atomic mass is 35.5. The Morgan fingerprint density at radius 2 is 1.59 bits per heavy atom. The lowest BCUT2D eigenvalue weighted by atomic mass is 10.1. The molecule has 0 heterocycles. The van der Waals surface area contributed by atoms with Crippen molar-refractivity contribution in [1.29, 1.82) is 5.26 Å². The lowest BCUT2D eigenvalue weighted by molar-refractivity contribution is -0.0839. The van der Waals surface area contributed by atoms with E-state index in [0.717, 1.165) is 0 Å². The molecule has 0 spiro atoms. The smallest absolute Gasteiger partial charge is 0.192 e. The number of benzene rings is 1. The normalized spacial score (nSPS) is 13.0. The van der Waals surface area contributed by atoms with Gasteiger partial charge in [0.2, 0.25) is 0 Å². The van der Waals surface area contributed by atoms with Crippen LogP contribution in [0.4, 0.5) is 13.2 Å². The maximum absolute atomic E-state index is 12.4. The summed E-state index contributed by atoms with van der Waals surface area (Å²) in [6.07, 6.45) is -4.79. The Morgan fingerprint density at radius 1 is 1.12 bits per heavy atom. The molecule has 0 aliphatic rings. The Morgan fingerprint density at radius 3 is 1.94 bits per heavy atom. The first-order valence-corrected chi connectivity index (χ1v) is 5.22. The number of allylic oxidation sites excluding steroid dienone is 2. The summed E-state index contributed by atoms with van der Waals surface area (Å²) < 4.78 is 37.1. The molecule has 1 aromatic carbocycles. The zero-order valence-electron chi connectivity index (χ0n) is 7.95. The van der Waals surface area contributed by atoms with Crippen molar-refractivity contribution in [1.82, 2.24) is 0 Å². The van der Waals surface area contributed by atoms with E-state index in [0.29, 0.717) is 0 Å². The molecule has 1 aromatic rings. The van der Waals surface area contributed by atoms with Crippen molar-refractivity contribution in [2.24, 2.45) is 0 Å². The van der Waals surface area contributed by atoms with Gasteiger partial charge in [-0.2, -0.15) is 18.4 Å². The predicted molar refractivity (Wildman–Crippen MR) is 60.9 cm³/mol. The quantitative estimate of drug-likeness (QED) is 0.667. The predicted octanol–water partition coefficient (Wildman–Crippen LogP) is 5.03.